The van der Waals surface area contributed by atoms with E-state index >= 15 is 0 Å². The molecule has 0 bridgehead atoms. The molecule has 1 heterocycles. The van der Waals surface area contributed by atoms with E-state index in [4.69, 9.17) is 16.9 Å². The molecule has 0 spiro atoms. The molecule has 0 atom stereocenters. The number of fused-ring (bicyclic) bond motifs is 1. The largest absolute Gasteiger partial charge is 0.295 e. The molecule has 0 aliphatic rings. The van der Waals surface area contributed by atoms with E-state index in [1.165, 1.54) is 6.07 Å². The maximum atomic E-state index is 13.8. The molecule has 0 aliphatic carbocycles. The lowest BCUT2D eigenvalue weighted by molar-refractivity contribution is 0.622. The molecule has 0 saturated carbocycles. The average molecular weight is 365 g/mol. The van der Waals surface area contributed by atoms with Gasteiger partial charge < -0.3 is 0 Å². The zero-order valence-electron chi connectivity index (χ0n) is 10.6. The first-order valence-corrected chi connectivity index (χ1v) is 7.39. The summed E-state index contributed by atoms with van der Waals surface area (Å²) >= 11 is 9.10. The Kier molecular flexibility index (Phi) is 3.66. The third kappa shape index (κ3) is 2.41. The average Bonchev–Trinajstić information content (AvgIpc) is 2.85. The molecule has 1 aromatic heterocycles. The third-order valence-corrected chi connectivity index (χ3v) is 3.97. The molecule has 0 saturated heterocycles. The van der Waals surface area contributed by atoms with Crippen LogP contribution < -0.4 is 0 Å². The monoisotopic (exact) mass is 363 g/mol. The van der Waals surface area contributed by atoms with Gasteiger partial charge in [0.1, 0.15) is 11.6 Å². The Morgan fingerprint density at radius 3 is 2.86 bits per heavy atom. The van der Waals surface area contributed by atoms with Gasteiger partial charge in [-0.3, -0.25) is 4.57 Å². The van der Waals surface area contributed by atoms with Crippen LogP contribution in [0.2, 0.25) is 0 Å². The molecule has 3 rings (SSSR count). The van der Waals surface area contributed by atoms with E-state index in [1.807, 2.05) is 6.07 Å². The van der Waals surface area contributed by atoms with Gasteiger partial charge in [0.25, 0.3) is 0 Å². The number of hydrogen-bond donors (Lipinski definition) is 0. The summed E-state index contributed by atoms with van der Waals surface area (Å²) < 4.78 is 15.9. The summed E-state index contributed by atoms with van der Waals surface area (Å²) in [6.45, 7) is 0. The normalized spacial score (nSPS) is 10.8. The number of alkyl halides is 1. The molecular formula is C15H8BrClFN3. The van der Waals surface area contributed by atoms with Gasteiger partial charge in [-0.1, -0.05) is 6.07 Å². The van der Waals surface area contributed by atoms with Gasteiger partial charge in [0, 0.05) is 11.8 Å². The maximum Gasteiger partial charge on any atom is 0.139 e. The predicted molar refractivity (Wildman–Crippen MR) is 83.0 cm³/mol. The molecule has 3 aromatic rings. The molecule has 21 heavy (non-hydrogen) atoms. The number of nitriles is 1. The first-order chi connectivity index (χ1) is 10.1. The number of rotatable bonds is 2. The van der Waals surface area contributed by atoms with Crippen molar-refractivity contribution in [3.05, 3.63) is 58.1 Å². The zero-order valence-corrected chi connectivity index (χ0v) is 13.0. The third-order valence-electron chi connectivity index (χ3n) is 3.12. The van der Waals surface area contributed by atoms with Gasteiger partial charge in [-0.05, 0) is 40.2 Å². The Bertz CT molecular complexity index is 882. The van der Waals surface area contributed by atoms with Crippen molar-refractivity contribution in [2.45, 2.75) is 5.88 Å². The number of nitrogens with zero attached hydrogens (tertiary/aromatic N) is 3. The second-order valence-electron chi connectivity index (χ2n) is 4.41. The fraction of sp³-hybridized carbons (Fsp3) is 0.0667. The van der Waals surface area contributed by atoms with Crippen LogP contribution in [0, 0.1) is 17.1 Å². The second kappa shape index (κ2) is 5.47. The van der Waals surface area contributed by atoms with E-state index < -0.39 is 0 Å². The molecule has 0 radical (unpaired) electrons. The van der Waals surface area contributed by atoms with Crippen molar-refractivity contribution < 1.29 is 4.39 Å². The molecule has 3 nitrogen and oxygen atoms in total. The highest BCUT2D eigenvalue weighted by molar-refractivity contribution is 9.10. The molecule has 0 amide bonds. The Hall–Kier alpha value is -1.90. The van der Waals surface area contributed by atoms with Crippen LogP contribution in [0.4, 0.5) is 4.39 Å². The van der Waals surface area contributed by atoms with Gasteiger partial charge in [0.2, 0.25) is 0 Å². The summed E-state index contributed by atoms with van der Waals surface area (Å²) in [5.74, 6) is 0.408. The quantitative estimate of drug-likeness (QED) is 0.627. The summed E-state index contributed by atoms with van der Waals surface area (Å²) in [5, 5.41) is 9.01. The molecule has 2 aromatic carbocycles. The van der Waals surface area contributed by atoms with Crippen LogP contribution in [-0.4, -0.2) is 9.55 Å². The minimum Gasteiger partial charge on any atom is -0.295 e. The van der Waals surface area contributed by atoms with Crippen LogP contribution in [0.5, 0.6) is 0 Å². The van der Waals surface area contributed by atoms with Gasteiger partial charge in [-0.15, -0.1) is 11.6 Å². The zero-order chi connectivity index (χ0) is 15.0. The number of halogens is 3. The Morgan fingerprint density at radius 1 is 1.33 bits per heavy atom. The van der Waals surface area contributed by atoms with Crippen LogP contribution >= 0.6 is 27.5 Å². The molecule has 0 fully saturated rings. The Labute approximate surface area is 133 Å². The van der Waals surface area contributed by atoms with Crippen LogP contribution in [0.25, 0.3) is 16.7 Å². The smallest absolute Gasteiger partial charge is 0.139 e. The summed E-state index contributed by atoms with van der Waals surface area (Å²) in [7, 11) is 0. The minimum atomic E-state index is -0.374. The van der Waals surface area contributed by atoms with Crippen LogP contribution in [0.15, 0.2) is 40.9 Å². The molecule has 6 heteroatoms. The first-order valence-electron chi connectivity index (χ1n) is 6.07. The van der Waals surface area contributed by atoms with Crippen molar-refractivity contribution in [1.29, 1.82) is 5.26 Å². The Balaban J connectivity index is 2.34. The summed E-state index contributed by atoms with van der Waals surface area (Å²) in [6, 6.07) is 12.1. The second-order valence-corrected chi connectivity index (χ2v) is 5.54. The molecule has 0 N–H and O–H groups in total. The van der Waals surface area contributed by atoms with Crippen molar-refractivity contribution in [3.8, 4) is 11.8 Å². The summed E-state index contributed by atoms with van der Waals surface area (Å²) in [4.78, 5) is 4.42. The number of benzene rings is 2. The highest BCUT2D eigenvalue weighted by atomic mass is 79.9. The lowest BCUT2D eigenvalue weighted by Gasteiger charge is -2.08. The molecule has 104 valence electrons. The van der Waals surface area contributed by atoms with Gasteiger partial charge in [-0.2, -0.15) is 5.26 Å². The van der Waals surface area contributed by atoms with Gasteiger partial charge in [-0.25, -0.2) is 9.37 Å². The summed E-state index contributed by atoms with van der Waals surface area (Å²) in [6.07, 6.45) is 0. The first kappa shape index (κ1) is 14.1. The summed E-state index contributed by atoms with van der Waals surface area (Å²) in [5.41, 5.74) is 2.50. The van der Waals surface area contributed by atoms with E-state index in [0.29, 0.717) is 26.9 Å². The molecule has 0 unspecified atom stereocenters. The topological polar surface area (TPSA) is 41.6 Å². The fourth-order valence-electron chi connectivity index (χ4n) is 2.21. The Morgan fingerprint density at radius 2 is 2.14 bits per heavy atom. The van der Waals surface area contributed by atoms with E-state index in [1.54, 1.807) is 28.8 Å². The van der Waals surface area contributed by atoms with E-state index in [0.717, 1.165) is 5.69 Å². The number of aromatic nitrogens is 2. The number of imidazole rings is 1. The van der Waals surface area contributed by atoms with Crippen LogP contribution in [0.1, 0.15) is 11.4 Å². The highest BCUT2D eigenvalue weighted by Crippen LogP contribution is 2.27. The van der Waals surface area contributed by atoms with Crippen molar-refractivity contribution >= 4 is 38.6 Å². The van der Waals surface area contributed by atoms with E-state index in [2.05, 4.69) is 27.0 Å². The highest BCUT2D eigenvalue weighted by Gasteiger charge is 2.14. The lowest BCUT2D eigenvalue weighted by atomic mass is 10.2. The van der Waals surface area contributed by atoms with Crippen LogP contribution in [0.3, 0.4) is 0 Å². The van der Waals surface area contributed by atoms with Gasteiger partial charge in [0.15, 0.2) is 0 Å². The van der Waals surface area contributed by atoms with Crippen molar-refractivity contribution in [2.75, 3.05) is 0 Å². The van der Waals surface area contributed by atoms with Crippen molar-refractivity contribution in [2.24, 2.45) is 0 Å². The van der Waals surface area contributed by atoms with Gasteiger partial charge in [0.05, 0.1) is 33.0 Å². The van der Waals surface area contributed by atoms with Gasteiger partial charge >= 0.3 is 0 Å². The minimum absolute atomic E-state index is 0.185. The maximum absolute atomic E-state index is 13.8. The number of hydrogen-bond acceptors (Lipinski definition) is 2. The molecular weight excluding hydrogens is 357 g/mol. The van der Waals surface area contributed by atoms with Crippen LogP contribution in [-0.2, 0) is 5.88 Å². The van der Waals surface area contributed by atoms with Crippen molar-refractivity contribution in [3.63, 3.8) is 0 Å². The standard InChI is InChI=1S/C15H8BrClFN3/c16-11-5-13-14(6-12(11)18)21(15(7-17)20-13)10-3-1-2-9(4-10)8-19/h1-6H,7H2. The lowest BCUT2D eigenvalue weighted by Crippen LogP contribution is -1.99. The van der Waals surface area contributed by atoms with E-state index in [-0.39, 0.29) is 11.7 Å². The predicted octanol–water partition coefficient (Wildman–Crippen LogP) is 4.54. The molecule has 0 aliphatic heterocycles. The van der Waals surface area contributed by atoms with E-state index in [9.17, 15) is 4.39 Å². The SMILES string of the molecule is N#Cc1cccc(-n2c(CCl)nc3cc(Br)c(F)cc32)c1. The fourth-order valence-corrected chi connectivity index (χ4v) is 2.73. The van der Waals surface area contributed by atoms with Crippen molar-refractivity contribution in [1.82, 2.24) is 9.55 Å².